The zero-order valence-electron chi connectivity index (χ0n) is 13.9. The van der Waals surface area contributed by atoms with E-state index in [2.05, 4.69) is 37.2 Å². The van der Waals surface area contributed by atoms with Crippen LogP contribution < -0.4 is 5.32 Å². The summed E-state index contributed by atoms with van der Waals surface area (Å²) in [6.45, 7) is 7.25. The molecule has 1 aliphatic heterocycles. The van der Waals surface area contributed by atoms with E-state index in [1.807, 2.05) is 0 Å². The Balaban J connectivity index is 1.87. The zero-order valence-corrected chi connectivity index (χ0v) is 13.9. The van der Waals surface area contributed by atoms with Crippen molar-refractivity contribution >= 4 is 0 Å². The Bertz CT molecular complexity index is 368. The van der Waals surface area contributed by atoms with Crippen molar-refractivity contribution < 1.29 is 4.74 Å². The molecule has 2 rings (SSSR count). The van der Waals surface area contributed by atoms with Crippen LogP contribution in [0.25, 0.3) is 0 Å². The molecule has 0 aromatic carbocycles. The van der Waals surface area contributed by atoms with Crippen LogP contribution in [-0.2, 0) is 4.74 Å². The van der Waals surface area contributed by atoms with E-state index in [1.54, 1.807) is 0 Å². The maximum absolute atomic E-state index is 9.69. The lowest BCUT2D eigenvalue weighted by molar-refractivity contribution is 0.0806. The largest absolute Gasteiger partial charge is 0.377 e. The molecule has 120 valence electrons. The van der Waals surface area contributed by atoms with Crippen molar-refractivity contribution in [2.75, 3.05) is 26.7 Å². The lowest BCUT2D eigenvalue weighted by Gasteiger charge is -2.33. The number of likely N-dealkylation sites (N-methyl/N-ethyl adjacent to an activating group) is 1. The molecule has 0 bridgehead atoms. The Labute approximate surface area is 129 Å². The molecule has 0 spiro atoms. The van der Waals surface area contributed by atoms with E-state index in [0.29, 0.717) is 18.1 Å². The van der Waals surface area contributed by atoms with Crippen LogP contribution in [0.5, 0.6) is 0 Å². The van der Waals surface area contributed by atoms with Crippen molar-refractivity contribution in [3.05, 3.63) is 0 Å². The summed E-state index contributed by atoms with van der Waals surface area (Å²) in [7, 11) is 2.21. The minimum atomic E-state index is -0.269. The Kier molecular flexibility index (Phi) is 6.04. The van der Waals surface area contributed by atoms with Gasteiger partial charge in [-0.25, -0.2) is 0 Å². The summed E-state index contributed by atoms with van der Waals surface area (Å²) in [6, 6.07) is 3.16. The van der Waals surface area contributed by atoms with Crippen LogP contribution in [0.3, 0.4) is 0 Å². The number of hydrogen-bond acceptors (Lipinski definition) is 4. The van der Waals surface area contributed by atoms with Crippen LogP contribution in [0, 0.1) is 17.2 Å². The molecule has 1 heterocycles. The van der Waals surface area contributed by atoms with Crippen LogP contribution in [0.2, 0.25) is 0 Å². The van der Waals surface area contributed by atoms with Crippen molar-refractivity contribution in [3.63, 3.8) is 0 Å². The van der Waals surface area contributed by atoms with Crippen molar-refractivity contribution in [1.29, 1.82) is 5.26 Å². The van der Waals surface area contributed by atoms with Gasteiger partial charge in [0.15, 0.2) is 0 Å². The van der Waals surface area contributed by atoms with Gasteiger partial charge in [0.1, 0.15) is 5.54 Å². The number of nitriles is 1. The first-order chi connectivity index (χ1) is 10.1. The summed E-state index contributed by atoms with van der Waals surface area (Å²) in [5.41, 5.74) is -0.269. The Morgan fingerprint density at radius 2 is 2.24 bits per heavy atom. The second-order valence-corrected chi connectivity index (χ2v) is 6.80. The van der Waals surface area contributed by atoms with Gasteiger partial charge in [0.05, 0.1) is 12.2 Å². The van der Waals surface area contributed by atoms with Crippen LogP contribution in [0.1, 0.15) is 52.4 Å². The standard InChI is InChI=1S/C17H31N3O/c1-4-10-19-17(13-18)9-5-6-15(17)7-11-20(3)16-8-12-21-14(16)2/h14-16,19H,4-12H2,1-3H3. The van der Waals surface area contributed by atoms with E-state index in [-0.39, 0.29) is 5.54 Å². The molecule has 1 saturated carbocycles. The molecule has 0 aromatic heterocycles. The maximum atomic E-state index is 9.69. The molecule has 1 N–H and O–H groups in total. The van der Waals surface area contributed by atoms with Gasteiger partial charge in [-0.05, 0) is 65.1 Å². The third-order valence-corrected chi connectivity index (χ3v) is 5.44. The van der Waals surface area contributed by atoms with Gasteiger partial charge in [0, 0.05) is 12.6 Å². The number of ether oxygens (including phenoxy) is 1. The number of nitrogens with one attached hydrogen (secondary N) is 1. The van der Waals surface area contributed by atoms with Crippen LogP contribution >= 0.6 is 0 Å². The first kappa shape index (κ1) is 16.7. The van der Waals surface area contributed by atoms with Gasteiger partial charge in [0.25, 0.3) is 0 Å². The van der Waals surface area contributed by atoms with Crippen molar-refractivity contribution in [3.8, 4) is 6.07 Å². The number of hydrogen-bond donors (Lipinski definition) is 1. The quantitative estimate of drug-likeness (QED) is 0.783. The lowest BCUT2D eigenvalue weighted by atomic mass is 9.85. The summed E-state index contributed by atoms with van der Waals surface area (Å²) in [4.78, 5) is 2.44. The van der Waals surface area contributed by atoms with Gasteiger partial charge < -0.3 is 9.64 Å². The molecule has 2 aliphatic rings. The highest BCUT2D eigenvalue weighted by atomic mass is 16.5. The molecule has 1 aliphatic carbocycles. The van der Waals surface area contributed by atoms with Crippen molar-refractivity contribution in [2.45, 2.75) is 70.1 Å². The maximum Gasteiger partial charge on any atom is 0.109 e. The fourth-order valence-corrected chi connectivity index (χ4v) is 4.06. The minimum Gasteiger partial charge on any atom is -0.377 e. The van der Waals surface area contributed by atoms with E-state index >= 15 is 0 Å². The summed E-state index contributed by atoms with van der Waals surface area (Å²) < 4.78 is 5.67. The Hall–Kier alpha value is -0.630. The van der Waals surface area contributed by atoms with E-state index in [4.69, 9.17) is 4.74 Å². The fourth-order valence-electron chi connectivity index (χ4n) is 4.06. The molecule has 4 nitrogen and oxygen atoms in total. The predicted molar refractivity (Wildman–Crippen MR) is 85.0 cm³/mol. The van der Waals surface area contributed by atoms with E-state index < -0.39 is 0 Å². The Morgan fingerprint density at radius 3 is 2.86 bits per heavy atom. The van der Waals surface area contributed by atoms with E-state index in [0.717, 1.165) is 45.4 Å². The molecule has 0 radical (unpaired) electrons. The van der Waals surface area contributed by atoms with Crippen LogP contribution in [0.15, 0.2) is 0 Å². The summed E-state index contributed by atoms with van der Waals surface area (Å²) in [5, 5.41) is 13.2. The highest BCUT2D eigenvalue weighted by Crippen LogP contribution is 2.38. The average molecular weight is 293 g/mol. The van der Waals surface area contributed by atoms with Gasteiger partial charge in [-0.1, -0.05) is 13.3 Å². The SMILES string of the molecule is CCCNC1(C#N)CCCC1CCN(C)C1CCOC1C. The molecule has 4 atom stereocenters. The van der Waals surface area contributed by atoms with Crippen LogP contribution in [-0.4, -0.2) is 49.3 Å². The molecule has 2 fully saturated rings. The number of nitrogens with zero attached hydrogens (tertiary/aromatic N) is 2. The molecular formula is C17H31N3O. The first-order valence-corrected chi connectivity index (χ1v) is 8.61. The average Bonchev–Trinajstić information content (AvgIpc) is 3.09. The fraction of sp³-hybridized carbons (Fsp3) is 0.941. The summed E-state index contributed by atoms with van der Waals surface area (Å²) in [6.07, 6.45) is 7.08. The van der Waals surface area contributed by atoms with E-state index in [1.165, 1.54) is 12.8 Å². The third-order valence-electron chi connectivity index (χ3n) is 5.44. The topological polar surface area (TPSA) is 48.3 Å². The Morgan fingerprint density at radius 1 is 1.43 bits per heavy atom. The van der Waals surface area contributed by atoms with Crippen molar-refractivity contribution in [2.24, 2.45) is 5.92 Å². The van der Waals surface area contributed by atoms with Gasteiger partial charge in [-0.2, -0.15) is 5.26 Å². The van der Waals surface area contributed by atoms with Gasteiger partial charge in [-0.15, -0.1) is 0 Å². The molecule has 4 heteroatoms. The summed E-state index contributed by atoms with van der Waals surface area (Å²) >= 11 is 0. The van der Waals surface area contributed by atoms with Gasteiger partial charge in [-0.3, -0.25) is 5.32 Å². The van der Waals surface area contributed by atoms with Crippen molar-refractivity contribution in [1.82, 2.24) is 10.2 Å². The highest BCUT2D eigenvalue weighted by molar-refractivity contribution is 5.14. The predicted octanol–water partition coefficient (Wildman–Crippen LogP) is 2.55. The monoisotopic (exact) mass is 293 g/mol. The molecule has 4 unspecified atom stereocenters. The second kappa shape index (κ2) is 7.58. The molecule has 0 amide bonds. The lowest BCUT2D eigenvalue weighted by Crippen LogP contribution is -2.48. The first-order valence-electron chi connectivity index (χ1n) is 8.61. The number of rotatable bonds is 7. The van der Waals surface area contributed by atoms with E-state index in [9.17, 15) is 5.26 Å². The van der Waals surface area contributed by atoms with Gasteiger partial charge in [0.2, 0.25) is 0 Å². The third kappa shape index (κ3) is 3.77. The van der Waals surface area contributed by atoms with Crippen LogP contribution in [0.4, 0.5) is 0 Å². The zero-order chi connectivity index (χ0) is 15.3. The minimum absolute atomic E-state index is 0.269. The van der Waals surface area contributed by atoms with Gasteiger partial charge >= 0.3 is 0 Å². The molecule has 1 saturated heterocycles. The normalized spacial score (nSPS) is 36.2. The second-order valence-electron chi connectivity index (χ2n) is 6.80. The highest BCUT2D eigenvalue weighted by Gasteiger charge is 2.42. The molecule has 0 aromatic rings. The molecule has 21 heavy (non-hydrogen) atoms. The smallest absolute Gasteiger partial charge is 0.109 e. The summed E-state index contributed by atoms with van der Waals surface area (Å²) in [5.74, 6) is 0.495. The molecular weight excluding hydrogens is 262 g/mol.